The molecule has 116 valence electrons. The first-order valence-corrected chi connectivity index (χ1v) is 8.20. The molecule has 1 heterocycles. The van der Waals surface area contributed by atoms with Gasteiger partial charge in [0.15, 0.2) is 5.78 Å². The summed E-state index contributed by atoms with van der Waals surface area (Å²) in [5, 5.41) is 4.44. The molecule has 0 aromatic heterocycles. The Balaban J connectivity index is 2.14. The molecule has 1 aromatic carbocycles. The van der Waals surface area contributed by atoms with Crippen LogP contribution in [0.2, 0.25) is 10.0 Å². The quantitative estimate of drug-likeness (QED) is 0.761. The summed E-state index contributed by atoms with van der Waals surface area (Å²) in [6, 6.07) is 5.60. The van der Waals surface area contributed by atoms with Gasteiger partial charge in [0.05, 0.1) is 10.0 Å². The molecule has 2 nitrogen and oxygen atoms in total. The largest absolute Gasteiger partial charge is 0.362 e. The number of allylic oxidation sites excluding steroid dienone is 4. The SMILES string of the molecule is CC1=CC(c2cccc(Cl)c2Cl)C2=C(CC(C)(C)CC2=O)N1. The van der Waals surface area contributed by atoms with Gasteiger partial charge in [0.1, 0.15) is 0 Å². The van der Waals surface area contributed by atoms with Crippen LogP contribution in [0.15, 0.2) is 41.2 Å². The number of hydrogen-bond donors (Lipinski definition) is 1. The Morgan fingerprint density at radius 1 is 1.23 bits per heavy atom. The smallest absolute Gasteiger partial charge is 0.162 e. The molecule has 2 aliphatic rings. The molecule has 1 atom stereocenters. The second-order valence-corrected chi connectivity index (χ2v) is 7.71. The van der Waals surface area contributed by atoms with E-state index in [1.807, 2.05) is 19.1 Å². The van der Waals surface area contributed by atoms with Gasteiger partial charge in [-0.3, -0.25) is 4.79 Å². The van der Waals surface area contributed by atoms with Crippen molar-refractivity contribution in [2.45, 2.75) is 39.5 Å². The summed E-state index contributed by atoms with van der Waals surface area (Å²) < 4.78 is 0. The number of benzene rings is 1. The van der Waals surface area contributed by atoms with Gasteiger partial charge in [0.2, 0.25) is 0 Å². The fourth-order valence-electron chi connectivity index (χ4n) is 3.43. The molecule has 0 bridgehead atoms. The van der Waals surface area contributed by atoms with E-state index in [9.17, 15) is 4.79 Å². The van der Waals surface area contributed by atoms with Gasteiger partial charge in [-0.05, 0) is 30.4 Å². The zero-order chi connectivity index (χ0) is 16.1. The van der Waals surface area contributed by atoms with Crippen molar-refractivity contribution >= 4 is 29.0 Å². The van der Waals surface area contributed by atoms with Gasteiger partial charge in [-0.1, -0.05) is 55.3 Å². The van der Waals surface area contributed by atoms with E-state index in [4.69, 9.17) is 23.2 Å². The predicted octanol–water partition coefficient (Wildman–Crippen LogP) is 5.23. The second kappa shape index (κ2) is 5.43. The molecule has 3 rings (SSSR count). The minimum Gasteiger partial charge on any atom is -0.362 e. The van der Waals surface area contributed by atoms with Crippen molar-refractivity contribution in [3.05, 3.63) is 56.9 Å². The van der Waals surface area contributed by atoms with Crippen LogP contribution in [-0.4, -0.2) is 5.78 Å². The summed E-state index contributed by atoms with van der Waals surface area (Å²) in [5.74, 6) is 0.0783. The van der Waals surface area contributed by atoms with Crippen LogP contribution in [0.5, 0.6) is 0 Å². The summed E-state index contributed by atoms with van der Waals surface area (Å²) in [4.78, 5) is 12.7. The third-order valence-corrected chi connectivity index (χ3v) is 5.15. The van der Waals surface area contributed by atoms with Crippen LogP contribution in [0.3, 0.4) is 0 Å². The number of dihydropyridines is 1. The minimum absolute atomic E-state index is 0.0107. The summed E-state index contributed by atoms with van der Waals surface area (Å²) in [6.07, 6.45) is 3.50. The maximum Gasteiger partial charge on any atom is 0.162 e. The number of halogens is 2. The first-order chi connectivity index (χ1) is 10.3. The second-order valence-electron chi connectivity index (χ2n) is 6.93. The van der Waals surface area contributed by atoms with Crippen molar-refractivity contribution in [3.8, 4) is 0 Å². The van der Waals surface area contributed by atoms with Crippen LogP contribution >= 0.6 is 23.2 Å². The number of nitrogens with one attached hydrogen (secondary N) is 1. The molecule has 0 radical (unpaired) electrons. The van der Waals surface area contributed by atoms with E-state index in [0.717, 1.165) is 29.0 Å². The molecule has 1 aliphatic heterocycles. The third kappa shape index (κ3) is 2.70. The zero-order valence-electron chi connectivity index (χ0n) is 13.0. The van der Waals surface area contributed by atoms with E-state index >= 15 is 0 Å². The number of carbonyl (C=O) groups excluding carboxylic acids is 1. The Kier molecular flexibility index (Phi) is 3.86. The van der Waals surface area contributed by atoms with Crippen LogP contribution in [0, 0.1) is 5.41 Å². The van der Waals surface area contributed by atoms with E-state index in [1.165, 1.54) is 0 Å². The molecule has 4 heteroatoms. The maximum atomic E-state index is 12.7. The lowest BCUT2D eigenvalue weighted by atomic mass is 9.70. The van der Waals surface area contributed by atoms with Crippen molar-refractivity contribution in [1.29, 1.82) is 0 Å². The highest BCUT2D eigenvalue weighted by atomic mass is 35.5. The van der Waals surface area contributed by atoms with E-state index in [1.54, 1.807) is 6.07 Å². The Hall–Kier alpha value is -1.25. The molecule has 1 aromatic rings. The van der Waals surface area contributed by atoms with Gasteiger partial charge in [-0.15, -0.1) is 0 Å². The van der Waals surface area contributed by atoms with Crippen LogP contribution in [-0.2, 0) is 4.79 Å². The molecule has 22 heavy (non-hydrogen) atoms. The molecule has 1 N–H and O–H groups in total. The molecule has 0 saturated carbocycles. The lowest BCUT2D eigenvalue weighted by molar-refractivity contribution is -0.118. The minimum atomic E-state index is -0.119. The molecule has 0 amide bonds. The number of Topliss-reactive ketones (excluding diaryl/α,β-unsaturated/α-hetero) is 1. The van der Waals surface area contributed by atoms with Crippen LogP contribution < -0.4 is 5.32 Å². The highest BCUT2D eigenvalue weighted by Crippen LogP contribution is 2.45. The number of hydrogen-bond acceptors (Lipinski definition) is 2. The van der Waals surface area contributed by atoms with E-state index < -0.39 is 0 Å². The molecular weight excluding hydrogens is 317 g/mol. The number of carbonyl (C=O) groups is 1. The molecule has 1 aliphatic carbocycles. The molecule has 0 saturated heterocycles. The van der Waals surface area contributed by atoms with Crippen LogP contribution in [0.4, 0.5) is 0 Å². The highest BCUT2D eigenvalue weighted by Gasteiger charge is 2.38. The molecule has 1 unspecified atom stereocenters. The third-order valence-electron chi connectivity index (χ3n) is 4.31. The summed E-state index contributed by atoms with van der Waals surface area (Å²) in [6.45, 7) is 6.28. The van der Waals surface area contributed by atoms with Crippen molar-refractivity contribution < 1.29 is 4.79 Å². The average molecular weight is 336 g/mol. The van der Waals surface area contributed by atoms with Gasteiger partial charge in [-0.25, -0.2) is 0 Å². The van der Waals surface area contributed by atoms with Crippen LogP contribution in [0.25, 0.3) is 0 Å². The normalized spacial score (nSPS) is 23.8. The zero-order valence-corrected chi connectivity index (χ0v) is 14.5. The van der Waals surface area contributed by atoms with E-state index in [2.05, 4.69) is 25.2 Å². The lowest BCUT2D eigenvalue weighted by Gasteiger charge is -2.37. The summed E-state index contributed by atoms with van der Waals surface area (Å²) >= 11 is 12.6. The monoisotopic (exact) mass is 335 g/mol. The molecule has 0 fully saturated rings. The fourth-order valence-corrected chi connectivity index (χ4v) is 3.85. The van der Waals surface area contributed by atoms with Gasteiger partial charge in [0, 0.05) is 29.3 Å². The van der Waals surface area contributed by atoms with Crippen molar-refractivity contribution in [2.24, 2.45) is 5.41 Å². The first kappa shape index (κ1) is 15.6. The Morgan fingerprint density at radius 3 is 2.68 bits per heavy atom. The van der Waals surface area contributed by atoms with Gasteiger partial charge < -0.3 is 5.32 Å². The number of ketones is 1. The first-order valence-electron chi connectivity index (χ1n) is 7.44. The Labute approximate surface area is 141 Å². The summed E-state index contributed by atoms with van der Waals surface area (Å²) in [5.41, 5.74) is 3.81. The highest BCUT2D eigenvalue weighted by molar-refractivity contribution is 6.42. The van der Waals surface area contributed by atoms with Gasteiger partial charge >= 0.3 is 0 Å². The fraction of sp³-hybridized carbons (Fsp3) is 0.389. The van der Waals surface area contributed by atoms with Gasteiger partial charge in [0.25, 0.3) is 0 Å². The topological polar surface area (TPSA) is 29.1 Å². The number of rotatable bonds is 1. The average Bonchev–Trinajstić information content (AvgIpc) is 2.39. The standard InChI is InChI=1S/C18H19Cl2NO/c1-10-7-12(11-5-4-6-13(19)17(11)20)16-14(21-10)8-18(2,3)9-15(16)22/h4-7,12,21H,8-9H2,1-3H3. The predicted molar refractivity (Wildman–Crippen MR) is 91.1 cm³/mol. The Morgan fingerprint density at radius 2 is 1.95 bits per heavy atom. The lowest BCUT2D eigenvalue weighted by Crippen LogP contribution is -2.35. The van der Waals surface area contributed by atoms with Crippen molar-refractivity contribution in [1.82, 2.24) is 5.32 Å². The van der Waals surface area contributed by atoms with Crippen molar-refractivity contribution in [2.75, 3.05) is 0 Å². The molecular formula is C18H19Cl2NO. The summed E-state index contributed by atoms with van der Waals surface area (Å²) in [7, 11) is 0. The maximum absolute atomic E-state index is 12.7. The van der Waals surface area contributed by atoms with Crippen LogP contribution in [0.1, 0.15) is 45.1 Å². The van der Waals surface area contributed by atoms with E-state index in [-0.39, 0.29) is 17.1 Å². The van der Waals surface area contributed by atoms with Gasteiger partial charge in [-0.2, -0.15) is 0 Å². The Bertz CT molecular complexity index is 716. The van der Waals surface area contributed by atoms with E-state index in [0.29, 0.717) is 16.5 Å². The molecule has 0 spiro atoms. The van der Waals surface area contributed by atoms with Crippen molar-refractivity contribution in [3.63, 3.8) is 0 Å².